The lowest BCUT2D eigenvalue weighted by Crippen LogP contribution is -2.39. The molecule has 2 aromatic rings. The van der Waals surface area contributed by atoms with Crippen LogP contribution in [0.15, 0.2) is 36.4 Å². The number of methoxy groups -OCH3 is 1. The maximum absolute atomic E-state index is 12.7. The molecule has 2 aromatic carbocycles. The summed E-state index contributed by atoms with van der Waals surface area (Å²) in [4.78, 5) is 26.7. The molecule has 34 heavy (non-hydrogen) atoms. The Kier molecular flexibility index (Phi) is 8.06. The minimum Gasteiger partial charge on any atom is -0.496 e. The lowest BCUT2D eigenvalue weighted by Gasteiger charge is -2.33. The van der Waals surface area contributed by atoms with Gasteiger partial charge in [-0.15, -0.1) is 0 Å². The molecule has 0 saturated carbocycles. The summed E-state index contributed by atoms with van der Waals surface area (Å²) < 4.78 is 54.3. The summed E-state index contributed by atoms with van der Waals surface area (Å²) in [5, 5.41) is 0. The highest BCUT2D eigenvalue weighted by Crippen LogP contribution is 2.37. The SMILES string of the molecule is CCOC(=O)c1c(C)ccc(C2CCCN(C(=O)OCc3ccc(C(F)(F)F)cc3)C2)c1OC. The number of rotatable bonds is 6. The van der Waals surface area contributed by atoms with Crippen LogP contribution in [-0.4, -0.2) is 43.8 Å². The Morgan fingerprint density at radius 1 is 1.09 bits per heavy atom. The Labute approximate surface area is 196 Å². The number of aryl methyl sites for hydroxylation is 1. The predicted molar refractivity (Wildman–Crippen MR) is 119 cm³/mol. The number of esters is 1. The number of alkyl halides is 3. The number of carbonyl (C=O) groups is 2. The third-order valence-electron chi connectivity index (χ3n) is 5.84. The highest BCUT2D eigenvalue weighted by molar-refractivity contribution is 5.94. The van der Waals surface area contributed by atoms with E-state index in [1.165, 1.54) is 19.2 Å². The number of nitrogens with zero attached hydrogens (tertiary/aromatic N) is 1. The number of amides is 1. The van der Waals surface area contributed by atoms with Crippen molar-refractivity contribution < 1.29 is 37.0 Å². The smallest absolute Gasteiger partial charge is 0.416 e. The van der Waals surface area contributed by atoms with E-state index in [0.717, 1.165) is 36.1 Å². The van der Waals surface area contributed by atoms with E-state index in [4.69, 9.17) is 14.2 Å². The van der Waals surface area contributed by atoms with Crippen molar-refractivity contribution in [1.29, 1.82) is 0 Å². The summed E-state index contributed by atoms with van der Waals surface area (Å²) in [6.45, 7) is 4.53. The van der Waals surface area contributed by atoms with Crippen molar-refractivity contribution in [3.05, 3.63) is 64.2 Å². The molecule has 3 rings (SSSR count). The van der Waals surface area contributed by atoms with Gasteiger partial charge >= 0.3 is 18.2 Å². The van der Waals surface area contributed by atoms with Crippen LogP contribution < -0.4 is 4.74 Å². The van der Waals surface area contributed by atoms with Crippen molar-refractivity contribution in [3.8, 4) is 5.75 Å². The Morgan fingerprint density at radius 2 is 1.79 bits per heavy atom. The zero-order chi connectivity index (χ0) is 24.9. The maximum atomic E-state index is 12.7. The van der Waals surface area contributed by atoms with E-state index >= 15 is 0 Å². The van der Waals surface area contributed by atoms with Crippen molar-refractivity contribution in [1.82, 2.24) is 4.90 Å². The third kappa shape index (κ3) is 5.81. The zero-order valence-electron chi connectivity index (χ0n) is 19.4. The topological polar surface area (TPSA) is 65.1 Å². The molecular formula is C25H28F3NO5. The van der Waals surface area contributed by atoms with Gasteiger partial charge in [0.15, 0.2) is 0 Å². The molecule has 0 spiro atoms. The Hall–Kier alpha value is -3.23. The van der Waals surface area contributed by atoms with Crippen molar-refractivity contribution in [2.75, 3.05) is 26.8 Å². The number of carbonyl (C=O) groups excluding carboxylic acids is 2. The summed E-state index contributed by atoms with van der Waals surface area (Å²) in [6, 6.07) is 8.26. The summed E-state index contributed by atoms with van der Waals surface area (Å²) in [5.74, 6) is -0.0816. The van der Waals surface area contributed by atoms with Crippen molar-refractivity contribution >= 4 is 12.1 Å². The first kappa shape index (κ1) is 25.4. The molecule has 6 nitrogen and oxygen atoms in total. The minimum absolute atomic E-state index is 0.0731. The lowest BCUT2D eigenvalue weighted by atomic mass is 9.87. The van der Waals surface area contributed by atoms with Crippen LogP contribution in [0, 0.1) is 6.92 Å². The zero-order valence-corrected chi connectivity index (χ0v) is 19.4. The second-order valence-corrected chi connectivity index (χ2v) is 8.13. The third-order valence-corrected chi connectivity index (χ3v) is 5.84. The van der Waals surface area contributed by atoms with Gasteiger partial charge in [-0.1, -0.05) is 24.3 Å². The van der Waals surface area contributed by atoms with Crippen LogP contribution in [0.3, 0.4) is 0 Å². The molecule has 1 unspecified atom stereocenters. The first-order valence-corrected chi connectivity index (χ1v) is 11.1. The molecule has 0 bridgehead atoms. The molecule has 0 aromatic heterocycles. The van der Waals surface area contributed by atoms with Crippen LogP contribution >= 0.6 is 0 Å². The van der Waals surface area contributed by atoms with E-state index in [2.05, 4.69) is 0 Å². The molecule has 1 saturated heterocycles. The van der Waals surface area contributed by atoms with E-state index in [0.29, 0.717) is 30.0 Å². The minimum atomic E-state index is -4.41. The van der Waals surface area contributed by atoms with Crippen molar-refractivity contribution in [2.24, 2.45) is 0 Å². The van der Waals surface area contributed by atoms with Gasteiger partial charge in [0.05, 0.1) is 19.3 Å². The molecule has 0 N–H and O–H groups in total. The van der Waals surface area contributed by atoms with Crippen LogP contribution in [0.1, 0.15) is 58.3 Å². The molecule has 9 heteroatoms. The van der Waals surface area contributed by atoms with Gasteiger partial charge in [0, 0.05) is 19.0 Å². The summed E-state index contributed by atoms with van der Waals surface area (Å²) >= 11 is 0. The second kappa shape index (κ2) is 10.8. The molecule has 1 fully saturated rings. The van der Waals surface area contributed by atoms with Gasteiger partial charge in [-0.25, -0.2) is 9.59 Å². The second-order valence-electron chi connectivity index (χ2n) is 8.13. The average molecular weight is 479 g/mol. The molecule has 1 heterocycles. The van der Waals surface area contributed by atoms with Crippen molar-refractivity contribution in [3.63, 3.8) is 0 Å². The Morgan fingerprint density at radius 3 is 2.41 bits per heavy atom. The van der Waals surface area contributed by atoms with Gasteiger partial charge < -0.3 is 19.1 Å². The van der Waals surface area contributed by atoms with Crippen LogP contribution in [-0.2, 0) is 22.3 Å². The number of hydrogen-bond acceptors (Lipinski definition) is 5. The van der Waals surface area contributed by atoms with E-state index in [1.54, 1.807) is 11.8 Å². The normalized spacial score (nSPS) is 16.2. The van der Waals surface area contributed by atoms with Gasteiger partial charge in [-0.3, -0.25) is 0 Å². The summed E-state index contributed by atoms with van der Waals surface area (Å²) in [6.07, 6.45) is -3.43. The molecule has 0 radical (unpaired) electrons. The first-order valence-electron chi connectivity index (χ1n) is 11.1. The summed E-state index contributed by atoms with van der Waals surface area (Å²) in [5.41, 5.74) is 1.65. The van der Waals surface area contributed by atoms with Crippen LogP contribution in [0.2, 0.25) is 0 Å². The molecule has 1 aliphatic rings. The van der Waals surface area contributed by atoms with E-state index in [9.17, 15) is 22.8 Å². The fourth-order valence-corrected chi connectivity index (χ4v) is 4.12. The average Bonchev–Trinajstić information content (AvgIpc) is 2.82. The van der Waals surface area contributed by atoms with Gasteiger partial charge in [0.25, 0.3) is 0 Å². The number of hydrogen-bond donors (Lipinski definition) is 0. The number of piperidine rings is 1. The van der Waals surface area contributed by atoms with Gasteiger partial charge in [-0.05, 0) is 55.5 Å². The molecule has 1 atom stereocenters. The number of ether oxygens (including phenoxy) is 3. The number of halogens is 3. The molecule has 1 amide bonds. The van der Waals surface area contributed by atoms with E-state index < -0.39 is 23.8 Å². The molecule has 1 aliphatic heterocycles. The standard InChI is InChI=1S/C25H28F3NO5/c1-4-33-23(30)21-16(2)7-12-20(22(21)32-3)18-6-5-13-29(14-18)24(31)34-15-17-8-10-19(11-9-17)25(26,27)28/h7-12,18H,4-6,13-15H2,1-3H3. The van der Waals surface area contributed by atoms with Gasteiger partial charge in [-0.2, -0.15) is 13.2 Å². The van der Waals surface area contributed by atoms with E-state index in [1.807, 2.05) is 19.1 Å². The Bertz CT molecular complexity index is 1020. The molecular weight excluding hydrogens is 451 g/mol. The largest absolute Gasteiger partial charge is 0.496 e. The number of likely N-dealkylation sites (tertiary alicyclic amines) is 1. The monoisotopic (exact) mass is 479 g/mol. The molecule has 184 valence electrons. The van der Waals surface area contributed by atoms with Crippen LogP contribution in [0.25, 0.3) is 0 Å². The molecule has 0 aliphatic carbocycles. The van der Waals surface area contributed by atoms with Gasteiger partial charge in [0.1, 0.15) is 17.9 Å². The lowest BCUT2D eigenvalue weighted by molar-refractivity contribution is -0.137. The quantitative estimate of drug-likeness (QED) is 0.496. The maximum Gasteiger partial charge on any atom is 0.416 e. The van der Waals surface area contributed by atoms with Crippen molar-refractivity contribution in [2.45, 2.75) is 45.4 Å². The van der Waals surface area contributed by atoms with Gasteiger partial charge in [0.2, 0.25) is 0 Å². The Balaban J connectivity index is 1.70. The number of benzene rings is 2. The summed E-state index contributed by atoms with van der Waals surface area (Å²) in [7, 11) is 1.50. The fourth-order valence-electron chi connectivity index (χ4n) is 4.12. The first-order chi connectivity index (χ1) is 16.2. The predicted octanol–water partition coefficient (Wildman–Crippen LogP) is 5.72. The highest BCUT2D eigenvalue weighted by Gasteiger charge is 2.31. The van der Waals surface area contributed by atoms with Crippen LogP contribution in [0.5, 0.6) is 5.75 Å². The fraction of sp³-hybridized carbons (Fsp3) is 0.440. The van der Waals surface area contributed by atoms with Crippen LogP contribution in [0.4, 0.5) is 18.0 Å². The van der Waals surface area contributed by atoms with E-state index in [-0.39, 0.29) is 19.1 Å². The highest BCUT2D eigenvalue weighted by atomic mass is 19.4.